The highest BCUT2D eigenvalue weighted by Crippen LogP contribution is 2.61. The Morgan fingerprint density at radius 3 is 1.38 bits per heavy atom. The number of hydrogen-bond acceptors (Lipinski definition) is 1. The molecule has 0 amide bonds. The van der Waals surface area contributed by atoms with E-state index in [0.29, 0.717) is 5.41 Å². The zero-order valence-corrected chi connectivity index (χ0v) is 38.1. The molecule has 9 aromatic rings. The maximum atomic E-state index is 2.48. The molecule has 14 rings (SSSR count). The Bertz CT molecular complexity index is 3220. The highest BCUT2D eigenvalue weighted by Gasteiger charge is 2.51. The molecule has 5 aliphatic carbocycles. The molecule has 0 aliphatic heterocycles. The first-order chi connectivity index (χ1) is 32.4. The van der Waals surface area contributed by atoms with E-state index in [1.54, 1.807) is 5.56 Å². The first kappa shape index (κ1) is 39.4. The molecule has 1 heteroatoms. The second-order valence-corrected chi connectivity index (χ2v) is 20.8. The second-order valence-electron chi connectivity index (χ2n) is 20.8. The number of benzene rings is 9. The lowest BCUT2D eigenvalue weighted by molar-refractivity contribution is -0.00518. The lowest BCUT2D eigenvalue weighted by Gasteiger charge is -2.57. The molecule has 4 fully saturated rings. The van der Waals surface area contributed by atoms with Crippen molar-refractivity contribution in [3.8, 4) is 55.6 Å². The topological polar surface area (TPSA) is 3.24 Å². The normalized spacial score (nSPS) is 20.8. The first-order valence-corrected chi connectivity index (χ1v) is 24.4. The minimum Gasteiger partial charge on any atom is -0.311 e. The third kappa shape index (κ3) is 6.50. The third-order valence-corrected chi connectivity index (χ3v) is 16.5. The van der Waals surface area contributed by atoms with Gasteiger partial charge in [-0.2, -0.15) is 0 Å². The Kier molecular flexibility index (Phi) is 9.14. The fraction of sp³-hybridized carbons (Fsp3) is 0.200. The zero-order valence-electron chi connectivity index (χ0n) is 38.1. The van der Waals surface area contributed by atoms with Crippen LogP contribution in [0.4, 0.5) is 17.1 Å². The number of hydrogen-bond donors (Lipinski definition) is 0. The Morgan fingerprint density at radius 1 is 0.364 bits per heavy atom. The van der Waals surface area contributed by atoms with Crippen LogP contribution in [0.25, 0.3) is 66.4 Å². The van der Waals surface area contributed by atoms with Crippen LogP contribution in [-0.4, -0.2) is 0 Å². The van der Waals surface area contributed by atoms with E-state index in [9.17, 15) is 0 Å². The number of rotatable bonds is 8. The van der Waals surface area contributed by atoms with E-state index in [1.165, 1.54) is 116 Å². The molecule has 0 saturated heterocycles. The van der Waals surface area contributed by atoms with Crippen molar-refractivity contribution in [3.05, 3.63) is 223 Å². The van der Waals surface area contributed by atoms with Gasteiger partial charge in [0.2, 0.25) is 0 Å². The predicted molar refractivity (Wildman–Crippen MR) is 278 cm³/mol. The summed E-state index contributed by atoms with van der Waals surface area (Å²) in [6, 6.07) is 77.5. The number of anilines is 3. The summed E-state index contributed by atoms with van der Waals surface area (Å²) in [7, 11) is 0. The standard InChI is InChI=1S/C65H55N/c1-64(2)61-17-7-6-14-59(61)60-39-52(26-35-62(60)64)48-22-31-55(32-23-48)66(56-33-24-50(25-34-56)58-16-9-13-51-12-8-15-57(63(51)58)49-10-4-3-5-11-49)54-29-20-47(21-30-54)46-18-27-53(28-19-46)65-40-43-36-44(41-65)38-45(37-43)42-65/h3-35,39,43-45H,36-38,40-42H2,1-2H3. The molecule has 4 saturated carbocycles. The number of fused-ring (bicyclic) bond motifs is 4. The Balaban J connectivity index is 0.853. The van der Waals surface area contributed by atoms with Crippen LogP contribution in [0.5, 0.6) is 0 Å². The van der Waals surface area contributed by atoms with Gasteiger partial charge in [-0.3, -0.25) is 0 Å². The van der Waals surface area contributed by atoms with Gasteiger partial charge in [-0.1, -0.05) is 178 Å². The van der Waals surface area contributed by atoms with Gasteiger partial charge in [-0.05, 0) is 187 Å². The van der Waals surface area contributed by atoms with Crippen molar-refractivity contribution >= 4 is 27.8 Å². The highest BCUT2D eigenvalue weighted by atomic mass is 15.1. The van der Waals surface area contributed by atoms with Crippen molar-refractivity contribution in [1.29, 1.82) is 0 Å². The summed E-state index contributed by atoms with van der Waals surface area (Å²) in [6.07, 6.45) is 8.66. The largest absolute Gasteiger partial charge is 0.311 e. The van der Waals surface area contributed by atoms with Crippen LogP contribution >= 0.6 is 0 Å². The summed E-state index contributed by atoms with van der Waals surface area (Å²) >= 11 is 0. The van der Waals surface area contributed by atoms with Crippen molar-refractivity contribution in [2.75, 3.05) is 4.90 Å². The van der Waals surface area contributed by atoms with Gasteiger partial charge in [-0.15, -0.1) is 0 Å². The van der Waals surface area contributed by atoms with E-state index in [0.717, 1.165) is 34.8 Å². The van der Waals surface area contributed by atoms with Crippen LogP contribution in [0.1, 0.15) is 69.1 Å². The maximum absolute atomic E-state index is 2.48. The smallest absolute Gasteiger partial charge is 0.0462 e. The summed E-state index contributed by atoms with van der Waals surface area (Å²) in [5, 5.41) is 2.53. The minimum atomic E-state index is -0.00473. The van der Waals surface area contributed by atoms with Crippen LogP contribution in [0.3, 0.4) is 0 Å². The lowest BCUT2D eigenvalue weighted by Crippen LogP contribution is -2.48. The van der Waals surface area contributed by atoms with E-state index in [1.807, 2.05) is 0 Å². The fourth-order valence-electron chi connectivity index (χ4n) is 13.7. The van der Waals surface area contributed by atoms with E-state index in [2.05, 4.69) is 225 Å². The molecule has 0 atom stereocenters. The predicted octanol–water partition coefficient (Wildman–Crippen LogP) is 17.8. The molecule has 9 aromatic carbocycles. The summed E-state index contributed by atoms with van der Waals surface area (Å²) in [6.45, 7) is 4.70. The minimum absolute atomic E-state index is 0.00473. The molecule has 0 N–H and O–H groups in total. The third-order valence-electron chi connectivity index (χ3n) is 16.5. The highest BCUT2D eigenvalue weighted by molar-refractivity contribution is 6.06. The van der Waals surface area contributed by atoms with Crippen LogP contribution in [-0.2, 0) is 10.8 Å². The molecule has 5 aliphatic rings. The molecule has 0 aromatic heterocycles. The van der Waals surface area contributed by atoms with E-state index < -0.39 is 0 Å². The molecular weight excluding hydrogens is 795 g/mol. The average molecular weight is 850 g/mol. The van der Waals surface area contributed by atoms with Gasteiger partial charge in [0.15, 0.2) is 0 Å². The quantitative estimate of drug-likeness (QED) is 0.147. The maximum Gasteiger partial charge on any atom is 0.0462 e. The number of nitrogens with zero attached hydrogens (tertiary/aromatic N) is 1. The second kappa shape index (κ2) is 15.3. The Morgan fingerprint density at radius 2 is 0.803 bits per heavy atom. The Labute approximate surface area is 390 Å². The van der Waals surface area contributed by atoms with E-state index >= 15 is 0 Å². The Hall–Kier alpha value is -6.96. The van der Waals surface area contributed by atoms with Crippen LogP contribution < -0.4 is 4.90 Å². The fourth-order valence-corrected chi connectivity index (χ4v) is 13.7. The van der Waals surface area contributed by atoms with Crippen LogP contribution in [0.15, 0.2) is 206 Å². The SMILES string of the molecule is CC1(C)c2ccccc2-c2cc(-c3ccc(N(c4ccc(-c5ccc(C67CC8CC(CC(C8)C6)C7)cc5)cc4)c4ccc(-c5cccc6cccc(-c7ccccc7)c56)cc4)cc3)ccc21. The van der Waals surface area contributed by atoms with Gasteiger partial charge >= 0.3 is 0 Å². The molecule has 0 radical (unpaired) electrons. The van der Waals surface area contributed by atoms with Gasteiger partial charge < -0.3 is 4.90 Å². The molecule has 0 spiro atoms. The van der Waals surface area contributed by atoms with Crippen LogP contribution in [0, 0.1) is 17.8 Å². The summed E-state index contributed by atoms with van der Waals surface area (Å²) < 4.78 is 0. The molecule has 66 heavy (non-hydrogen) atoms. The zero-order chi connectivity index (χ0) is 44.0. The molecule has 320 valence electrons. The van der Waals surface area contributed by atoms with Crippen molar-refractivity contribution < 1.29 is 0 Å². The average Bonchev–Trinajstić information content (AvgIpc) is 3.59. The molecule has 0 unspecified atom stereocenters. The monoisotopic (exact) mass is 849 g/mol. The molecule has 4 bridgehead atoms. The van der Waals surface area contributed by atoms with Crippen molar-refractivity contribution in [2.24, 2.45) is 17.8 Å². The summed E-state index contributed by atoms with van der Waals surface area (Å²) in [5.74, 6) is 2.86. The lowest BCUT2D eigenvalue weighted by atomic mass is 9.48. The van der Waals surface area contributed by atoms with Gasteiger partial charge in [0.25, 0.3) is 0 Å². The van der Waals surface area contributed by atoms with Gasteiger partial charge in [0, 0.05) is 22.5 Å². The molecule has 0 heterocycles. The van der Waals surface area contributed by atoms with Crippen molar-refractivity contribution in [1.82, 2.24) is 0 Å². The van der Waals surface area contributed by atoms with E-state index in [-0.39, 0.29) is 5.41 Å². The van der Waals surface area contributed by atoms with E-state index in [4.69, 9.17) is 0 Å². The van der Waals surface area contributed by atoms with Gasteiger partial charge in [0.05, 0.1) is 0 Å². The molecule has 1 nitrogen and oxygen atoms in total. The van der Waals surface area contributed by atoms with Gasteiger partial charge in [-0.25, -0.2) is 0 Å². The summed E-state index contributed by atoms with van der Waals surface area (Å²) in [4.78, 5) is 2.41. The van der Waals surface area contributed by atoms with Gasteiger partial charge in [0.1, 0.15) is 0 Å². The first-order valence-electron chi connectivity index (χ1n) is 24.4. The van der Waals surface area contributed by atoms with Crippen molar-refractivity contribution in [3.63, 3.8) is 0 Å². The van der Waals surface area contributed by atoms with Crippen LogP contribution in [0.2, 0.25) is 0 Å². The van der Waals surface area contributed by atoms with Crippen molar-refractivity contribution in [2.45, 2.75) is 63.2 Å². The summed E-state index contributed by atoms with van der Waals surface area (Å²) in [5.41, 5.74) is 20.9. The molecular formula is C65H55N.